The van der Waals surface area contributed by atoms with Gasteiger partial charge in [-0.3, -0.25) is 9.11 Å². The molecule has 0 saturated carbocycles. The highest BCUT2D eigenvalue weighted by Gasteiger charge is 2.38. The van der Waals surface area contributed by atoms with E-state index in [1.165, 1.54) is 6.92 Å². The van der Waals surface area contributed by atoms with Gasteiger partial charge in [0.2, 0.25) is 0 Å². The van der Waals surface area contributed by atoms with Crippen molar-refractivity contribution < 1.29 is 40.9 Å². The van der Waals surface area contributed by atoms with Crippen molar-refractivity contribution in [2.45, 2.75) is 114 Å². The number of aliphatic hydroxyl groups excluding tert-OH is 2. The standard InChI is InChI=1S/C19H38O9S2/c1-3-4-8-12-16(21)19(30(26,27)28)14-17(22)18(29(23,24)25)13-10-7-5-6-9-11-15(2)20/h16-19,21-22H,3-14H2,1-2H3,(H,23,24,25)(H,26,27,28). The lowest BCUT2D eigenvalue weighted by molar-refractivity contribution is -0.117. The molecule has 0 rings (SSSR count). The first-order valence-electron chi connectivity index (χ1n) is 10.6. The van der Waals surface area contributed by atoms with Gasteiger partial charge in [-0.05, 0) is 32.6 Å². The maximum absolute atomic E-state index is 11.7. The van der Waals surface area contributed by atoms with Crippen LogP contribution >= 0.6 is 0 Å². The molecule has 0 saturated heterocycles. The fourth-order valence-electron chi connectivity index (χ4n) is 3.45. The summed E-state index contributed by atoms with van der Waals surface area (Å²) in [5.74, 6) is 0.106. The number of ketones is 1. The molecule has 0 heterocycles. The first-order valence-corrected chi connectivity index (χ1v) is 13.6. The van der Waals surface area contributed by atoms with Crippen LogP contribution in [0, 0.1) is 0 Å². The molecule has 11 heteroatoms. The predicted molar refractivity (Wildman–Crippen MR) is 114 cm³/mol. The maximum Gasteiger partial charge on any atom is 0.270 e. The smallest absolute Gasteiger partial charge is 0.270 e. The van der Waals surface area contributed by atoms with Crippen molar-refractivity contribution in [3.63, 3.8) is 0 Å². The molecular formula is C19H38O9S2. The summed E-state index contributed by atoms with van der Waals surface area (Å²) in [6.45, 7) is 3.44. The van der Waals surface area contributed by atoms with E-state index in [-0.39, 0.29) is 18.6 Å². The third-order valence-corrected chi connectivity index (χ3v) is 7.81. The molecular weight excluding hydrogens is 436 g/mol. The van der Waals surface area contributed by atoms with Crippen molar-refractivity contribution in [3.8, 4) is 0 Å². The average Bonchev–Trinajstić information content (AvgIpc) is 2.59. The maximum atomic E-state index is 11.7. The van der Waals surface area contributed by atoms with Crippen LogP contribution in [0.3, 0.4) is 0 Å². The molecule has 0 radical (unpaired) electrons. The molecule has 0 spiro atoms. The zero-order valence-corrected chi connectivity index (χ0v) is 19.6. The Morgan fingerprint density at radius 2 is 1.23 bits per heavy atom. The zero-order chi connectivity index (χ0) is 23.4. The number of hydrogen-bond donors (Lipinski definition) is 4. The first-order chi connectivity index (χ1) is 13.8. The van der Waals surface area contributed by atoms with E-state index in [2.05, 4.69) is 0 Å². The summed E-state index contributed by atoms with van der Waals surface area (Å²) in [4.78, 5) is 10.9. The number of Topliss-reactive ketones (excluding diaryl/α,β-unsaturated/α-hetero) is 1. The number of hydrogen-bond acceptors (Lipinski definition) is 7. The van der Waals surface area contributed by atoms with Crippen LogP contribution in [0.5, 0.6) is 0 Å². The summed E-state index contributed by atoms with van der Waals surface area (Å²) < 4.78 is 65.7. The van der Waals surface area contributed by atoms with Crippen molar-refractivity contribution in [1.82, 2.24) is 0 Å². The van der Waals surface area contributed by atoms with Gasteiger partial charge >= 0.3 is 0 Å². The molecule has 0 aromatic heterocycles. The van der Waals surface area contributed by atoms with Crippen LogP contribution in [0.15, 0.2) is 0 Å². The van der Waals surface area contributed by atoms with Gasteiger partial charge in [-0.2, -0.15) is 16.8 Å². The van der Waals surface area contributed by atoms with Gasteiger partial charge in [0.05, 0.1) is 12.2 Å². The lowest BCUT2D eigenvalue weighted by Gasteiger charge is -2.26. The third kappa shape index (κ3) is 13.0. The topological polar surface area (TPSA) is 166 Å². The van der Waals surface area contributed by atoms with E-state index < -0.39 is 49.4 Å². The van der Waals surface area contributed by atoms with Gasteiger partial charge in [0.1, 0.15) is 16.3 Å². The van der Waals surface area contributed by atoms with E-state index in [1.54, 1.807) is 0 Å². The highest BCUT2D eigenvalue weighted by molar-refractivity contribution is 7.86. The Bertz CT molecular complexity index is 689. The van der Waals surface area contributed by atoms with Crippen LogP contribution in [0.2, 0.25) is 0 Å². The molecule has 4 unspecified atom stereocenters. The van der Waals surface area contributed by atoms with Crippen LogP contribution in [0.1, 0.15) is 90.9 Å². The monoisotopic (exact) mass is 474 g/mol. The van der Waals surface area contributed by atoms with Crippen LogP contribution < -0.4 is 0 Å². The Balaban J connectivity index is 4.89. The molecule has 0 aliphatic rings. The molecule has 0 bridgehead atoms. The quantitative estimate of drug-likeness (QED) is 0.172. The fourth-order valence-corrected chi connectivity index (χ4v) is 5.39. The molecule has 4 N–H and O–H groups in total. The molecule has 0 fully saturated rings. The Labute approximate surface area is 180 Å². The molecule has 0 amide bonds. The Kier molecular flexibility index (Phi) is 14.2. The number of aliphatic hydroxyl groups is 2. The first kappa shape index (κ1) is 29.4. The zero-order valence-electron chi connectivity index (χ0n) is 17.9. The molecule has 0 aliphatic carbocycles. The third-order valence-electron chi connectivity index (χ3n) is 5.22. The van der Waals surface area contributed by atoms with E-state index in [0.29, 0.717) is 25.7 Å². The minimum atomic E-state index is -4.73. The number of unbranched alkanes of at least 4 members (excludes halogenated alkanes) is 6. The number of carbonyl (C=O) groups is 1. The Morgan fingerprint density at radius 1 is 0.733 bits per heavy atom. The Morgan fingerprint density at radius 3 is 1.73 bits per heavy atom. The highest BCUT2D eigenvalue weighted by Crippen LogP contribution is 2.23. The second-order valence-corrected chi connectivity index (χ2v) is 11.3. The van der Waals surface area contributed by atoms with Crippen molar-refractivity contribution in [1.29, 1.82) is 0 Å². The van der Waals surface area contributed by atoms with E-state index >= 15 is 0 Å². The molecule has 9 nitrogen and oxygen atoms in total. The van der Waals surface area contributed by atoms with Gasteiger partial charge in [0.15, 0.2) is 0 Å². The van der Waals surface area contributed by atoms with Gasteiger partial charge in [-0.15, -0.1) is 0 Å². The van der Waals surface area contributed by atoms with Crippen molar-refractivity contribution >= 4 is 26.0 Å². The van der Waals surface area contributed by atoms with Gasteiger partial charge in [-0.25, -0.2) is 0 Å². The summed E-state index contributed by atoms with van der Waals surface area (Å²) in [6, 6.07) is 0. The second kappa shape index (κ2) is 14.5. The largest absolute Gasteiger partial charge is 0.392 e. The van der Waals surface area contributed by atoms with Gasteiger partial charge in [-0.1, -0.05) is 51.9 Å². The van der Waals surface area contributed by atoms with E-state index in [1.807, 2.05) is 6.92 Å². The summed E-state index contributed by atoms with van der Waals surface area (Å²) >= 11 is 0. The summed E-state index contributed by atoms with van der Waals surface area (Å²) in [7, 11) is -9.40. The average molecular weight is 475 g/mol. The van der Waals surface area contributed by atoms with Crippen LogP contribution in [-0.4, -0.2) is 64.6 Å². The van der Waals surface area contributed by atoms with Gasteiger partial charge in [0, 0.05) is 6.42 Å². The van der Waals surface area contributed by atoms with Crippen molar-refractivity contribution in [2.75, 3.05) is 0 Å². The minimum Gasteiger partial charge on any atom is -0.392 e. The van der Waals surface area contributed by atoms with Gasteiger partial charge in [0.25, 0.3) is 20.2 Å². The van der Waals surface area contributed by atoms with Crippen LogP contribution in [-0.2, 0) is 25.0 Å². The number of rotatable bonds is 18. The molecule has 0 aromatic carbocycles. The highest BCUT2D eigenvalue weighted by atomic mass is 32.2. The molecule has 30 heavy (non-hydrogen) atoms. The van der Waals surface area contributed by atoms with Crippen LogP contribution in [0.4, 0.5) is 0 Å². The lowest BCUT2D eigenvalue weighted by atomic mass is 9.99. The predicted octanol–water partition coefficient (Wildman–Crippen LogP) is 2.51. The summed E-state index contributed by atoms with van der Waals surface area (Å²) in [5.41, 5.74) is 0. The normalized spacial score (nSPS) is 16.7. The molecule has 0 aliphatic heterocycles. The Hall–Kier alpha value is -0.590. The molecule has 180 valence electrons. The van der Waals surface area contributed by atoms with E-state index in [0.717, 1.165) is 32.1 Å². The van der Waals surface area contributed by atoms with Crippen molar-refractivity contribution in [2.24, 2.45) is 0 Å². The lowest BCUT2D eigenvalue weighted by Crippen LogP contribution is -2.42. The van der Waals surface area contributed by atoms with Crippen LogP contribution in [0.25, 0.3) is 0 Å². The molecule has 0 aromatic rings. The SMILES string of the molecule is CCCCCC(O)C(CC(O)C(CCCCCCCC(C)=O)S(=O)(=O)O)S(=O)(=O)O. The van der Waals surface area contributed by atoms with Gasteiger partial charge < -0.3 is 15.0 Å². The van der Waals surface area contributed by atoms with E-state index in [9.17, 15) is 40.9 Å². The summed E-state index contributed by atoms with van der Waals surface area (Å²) in [6.07, 6.45) is 1.97. The second-order valence-electron chi connectivity index (χ2n) is 7.98. The fraction of sp³-hybridized carbons (Fsp3) is 0.947. The van der Waals surface area contributed by atoms with E-state index in [4.69, 9.17) is 0 Å². The summed E-state index contributed by atoms with van der Waals surface area (Å²) in [5, 5.41) is 17.1. The number of carbonyl (C=O) groups excluding carboxylic acids is 1. The minimum absolute atomic E-state index is 0.0851. The molecule has 4 atom stereocenters. The van der Waals surface area contributed by atoms with Crippen molar-refractivity contribution in [3.05, 3.63) is 0 Å².